The Labute approximate surface area is 116 Å². The zero-order valence-corrected chi connectivity index (χ0v) is 10.8. The van der Waals surface area contributed by atoms with Gasteiger partial charge in [-0.2, -0.15) is 5.26 Å². The van der Waals surface area contributed by atoms with Crippen molar-refractivity contribution in [1.82, 2.24) is 0 Å². The van der Waals surface area contributed by atoms with Crippen LogP contribution in [0.3, 0.4) is 0 Å². The molecule has 94 valence electrons. The quantitative estimate of drug-likeness (QED) is 0.627. The van der Waals surface area contributed by atoms with E-state index in [-0.39, 0.29) is 6.61 Å². The van der Waals surface area contributed by atoms with Gasteiger partial charge >= 0.3 is 0 Å². The molecule has 0 amide bonds. The fourth-order valence-electron chi connectivity index (χ4n) is 1.55. The number of hydrogen-bond acceptors (Lipinski definition) is 3. The molecule has 4 heteroatoms. The average Bonchev–Trinajstić information content (AvgIpc) is 2.44. The molecule has 0 saturated heterocycles. The van der Waals surface area contributed by atoms with E-state index in [1.807, 2.05) is 30.3 Å². The van der Waals surface area contributed by atoms with Crippen LogP contribution >= 0.6 is 11.6 Å². The summed E-state index contributed by atoms with van der Waals surface area (Å²) in [4.78, 5) is 5.18. The second-order valence-corrected chi connectivity index (χ2v) is 4.27. The van der Waals surface area contributed by atoms with Gasteiger partial charge in [0.15, 0.2) is 0 Å². The minimum absolute atomic E-state index is 0.265. The van der Waals surface area contributed by atoms with Crippen molar-refractivity contribution >= 4 is 17.8 Å². The lowest BCUT2D eigenvalue weighted by molar-refractivity contribution is 0.132. The predicted octanol–water partition coefficient (Wildman–Crippen LogP) is 3.76. The van der Waals surface area contributed by atoms with Crippen molar-refractivity contribution in [2.75, 3.05) is 0 Å². The van der Waals surface area contributed by atoms with Crippen LogP contribution < -0.4 is 0 Å². The first-order valence-electron chi connectivity index (χ1n) is 5.68. The molecule has 2 rings (SSSR count). The summed E-state index contributed by atoms with van der Waals surface area (Å²) in [7, 11) is 0. The Hall–Kier alpha value is -2.31. The van der Waals surface area contributed by atoms with Gasteiger partial charge in [0.1, 0.15) is 6.61 Å². The van der Waals surface area contributed by atoms with Gasteiger partial charge in [-0.25, -0.2) is 0 Å². The van der Waals surface area contributed by atoms with E-state index in [9.17, 15) is 0 Å². The number of benzene rings is 2. The van der Waals surface area contributed by atoms with Crippen molar-refractivity contribution in [2.45, 2.75) is 6.61 Å². The van der Waals surface area contributed by atoms with Gasteiger partial charge in [0.2, 0.25) is 0 Å². The number of oxime groups is 1. The van der Waals surface area contributed by atoms with Gasteiger partial charge in [-0.05, 0) is 23.8 Å². The summed E-state index contributed by atoms with van der Waals surface area (Å²) < 4.78 is 0. The standard InChI is InChI=1S/C15H11ClN2O/c16-15-7-3-4-12(8-15)10-18-19-11-14-6-2-1-5-13(14)9-17/h1-8,10H,11H2. The maximum Gasteiger partial charge on any atom is 0.143 e. The summed E-state index contributed by atoms with van der Waals surface area (Å²) in [5.41, 5.74) is 2.27. The van der Waals surface area contributed by atoms with Gasteiger partial charge in [-0.15, -0.1) is 0 Å². The van der Waals surface area contributed by atoms with Crippen LogP contribution in [0.25, 0.3) is 0 Å². The highest BCUT2D eigenvalue weighted by atomic mass is 35.5. The van der Waals surface area contributed by atoms with E-state index >= 15 is 0 Å². The van der Waals surface area contributed by atoms with Crippen molar-refractivity contribution in [3.05, 3.63) is 70.2 Å². The summed E-state index contributed by atoms with van der Waals surface area (Å²) in [6.07, 6.45) is 1.58. The van der Waals surface area contributed by atoms with Crippen LogP contribution in [0.2, 0.25) is 5.02 Å². The van der Waals surface area contributed by atoms with Crippen LogP contribution in [0.1, 0.15) is 16.7 Å². The molecule has 0 atom stereocenters. The van der Waals surface area contributed by atoms with Crippen LogP contribution in [0.5, 0.6) is 0 Å². The summed E-state index contributed by atoms with van der Waals surface area (Å²) in [6.45, 7) is 0.265. The summed E-state index contributed by atoms with van der Waals surface area (Å²) in [5, 5.41) is 13.4. The molecule has 0 bridgehead atoms. The van der Waals surface area contributed by atoms with Gasteiger partial charge in [0, 0.05) is 10.6 Å². The van der Waals surface area contributed by atoms with Crippen LogP contribution in [0, 0.1) is 11.3 Å². The Bertz CT molecular complexity index is 632. The first-order chi connectivity index (χ1) is 9.29. The molecule has 3 nitrogen and oxygen atoms in total. The van der Waals surface area contributed by atoms with Crippen molar-refractivity contribution in [2.24, 2.45) is 5.16 Å². The molecule has 0 aromatic heterocycles. The highest BCUT2D eigenvalue weighted by Gasteiger charge is 1.99. The second kappa shape index (κ2) is 6.58. The predicted molar refractivity (Wildman–Crippen MR) is 75.0 cm³/mol. The third-order valence-corrected chi connectivity index (χ3v) is 2.72. The molecule has 0 saturated carbocycles. The van der Waals surface area contributed by atoms with E-state index < -0.39 is 0 Å². The van der Waals surface area contributed by atoms with Crippen LogP contribution in [-0.4, -0.2) is 6.21 Å². The lowest BCUT2D eigenvalue weighted by atomic mass is 10.1. The Morgan fingerprint density at radius 1 is 1.21 bits per heavy atom. The lowest BCUT2D eigenvalue weighted by Gasteiger charge is -2.01. The van der Waals surface area contributed by atoms with E-state index in [0.717, 1.165) is 11.1 Å². The lowest BCUT2D eigenvalue weighted by Crippen LogP contribution is -1.92. The molecule has 0 aliphatic heterocycles. The minimum atomic E-state index is 0.265. The molecule has 0 fully saturated rings. The number of halogens is 1. The molecule has 0 N–H and O–H groups in total. The summed E-state index contributed by atoms with van der Waals surface area (Å²) in [6, 6.07) is 16.7. The molecular formula is C15H11ClN2O. The molecule has 0 spiro atoms. The molecule has 0 unspecified atom stereocenters. The minimum Gasteiger partial charge on any atom is -0.391 e. The SMILES string of the molecule is N#Cc1ccccc1CON=Cc1cccc(Cl)c1. The Kier molecular flexibility index (Phi) is 4.54. The van der Waals surface area contributed by atoms with Crippen LogP contribution in [-0.2, 0) is 11.4 Å². The van der Waals surface area contributed by atoms with Crippen molar-refractivity contribution in [1.29, 1.82) is 5.26 Å². The van der Waals surface area contributed by atoms with Crippen molar-refractivity contribution in [3.63, 3.8) is 0 Å². The number of nitriles is 1. The van der Waals surface area contributed by atoms with Gasteiger partial charge in [-0.1, -0.05) is 47.1 Å². The number of nitrogens with zero attached hydrogens (tertiary/aromatic N) is 2. The summed E-state index contributed by atoms with van der Waals surface area (Å²) in [5.74, 6) is 0. The highest BCUT2D eigenvalue weighted by Crippen LogP contribution is 2.10. The smallest absolute Gasteiger partial charge is 0.143 e. The van der Waals surface area contributed by atoms with Crippen molar-refractivity contribution < 1.29 is 4.84 Å². The Morgan fingerprint density at radius 3 is 2.84 bits per heavy atom. The molecular weight excluding hydrogens is 260 g/mol. The fraction of sp³-hybridized carbons (Fsp3) is 0.0667. The molecule has 2 aromatic carbocycles. The molecule has 19 heavy (non-hydrogen) atoms. The molecule has 0 radical (unpaired) electrons. The normalized spacial score (nSPS) is 10.3. The molecule has 0 aliphatic carbocycles. The van der Waals surface area contributed by atoms with Crippen LogP contribution in [0.4, 0.5) is 0 Å². The third kappa shape index (κ3) is 3.84. The topological polar surface area (TPSA) is 45.4 Å². The second-order valence-electron chi connectivity index (χ2n) is 3.83. The van der Waals surface area contributed by atoms with Crippen LogP contribution in [0.15, 0.2) is 53.7 Å². The summed E-state index contributed by atoms with van der Waals surface area (Å²) >= 11 is 5.85. The maximum atomic E-state index is 8.92. The number of rotatable bonds is 4. The van der Waals surface area contributed by atoms with Gasteiger partial charge in [0.25, 0.3) is 0 Å². The first-order valence-corrected chi connectivity index (χ1v) is 6.06. The van der Waals surface area contributed by atoms with E-state index in [2.05, 4.69) is 11.2 Å². The fourth-order valence-corrected chi connectivity index (χ4v) is 1.75. The zero-order valence-electron chi connectivity index (χ0n) is 10.1. The molecule has 0 aliphatic rings. The van der Waals surface area contributed by atoms with E-state index in [4.69, 9.17) is 21.7 Å². The zero-order chi connectivity index (χ0) is 13.5. The Balaban J connectivity index is 1.95. The Morgan fingerprint density at radius 2 is 2.05 bits per heavy atom. The molecule has 0 heterocycles. The van der Waals surface area contributed by atoms with Crippen molar-refractivity contribution in [3.8, 4) is 6.07 Å². The maximum absolute atomic E-state index is 8.92. The highest BCUT2D eigenvalue weighted by molar-refractivity contribution is 6.30. The van der Waals surface area contributed by atoms with Gasteiger partial charge < -0.3 is 4.84 Å². The monoisotopic (exact) mass is 270 g/mol. The van der Waals surface area contributed by atoms with E-state index in [0.29, 0.717) is 10.6 Å². The van der Waals surface area contributed by atoms with Gasteiger partial charge in [-0.3, -0.25) is 0 Å². The largest absolute Gasteiger partial charge is 0.391 e. The van der Waals surface area contributed by atoms with E-state index in [1.54, 1.807) is 24.4 Å². The van der Waals surface area contributed by atoms with Gasteiger partial charge in [0.05, 0.1) is 17.8 Å². The van der Waals surface area contributed by atoms with E-state index in [1.165, 1.54) is 0 Å². The third-order valence-electron chi connectivity index (χ3n) is 2.48. The first kappa shape index (κ1) is 13.1. The average molecular weight is 271 g/mol. The number of hydrogen-bond donors (Lipinski definition) is 0. The molecule has 2 aromatic rings.